The molecular formula is C12H21NO3. The molecule has 1 saturated heterocycles. The summed E-state index contributed by atoms with van der Waals surface area (Å²) in [6.45, 7) is 6.76. The smallest absolute Gasteiger partial charge is 0.311 e. The summed E-state index contributed by atoms with van der Waals surface area (Å²) in [5.74, 6) is -0.620. The van der Waals surface area contributed by atoms with Crippen LogP contribution in [0.25, 0.3) is 0 Å². The van der Waals surface area contributed by atoms with Gasteiger partial charge in [0.2, 0.25) is 5.91 Å². The maximum Gasteiger partial charge on any atom is 0.311 e. The summed E-state index contributed by atoms with van der Waals surface area (Å²) in [5.41, 5.74) is -0.733. The van der Waals surface area contributed by atoms with Crippen LogP contribution in [0.2, 0.25) is 0 Å². The maximum absolute atomic E-state index is 11.7. The van der Waals surface area contributed by atoms with E-state index in [0.717, 1.165) is 6.42 Å². The van der Waals surface area contributed by atoms with Gasteiger partial charge in [-0.2, -0.15) is 0 Å². The lowest BCUT2D eigenvalue weighted by molar-refractivity contribution is -0.151. The SMILES string of the molecule is CCCC(=O)N1CCC(C(=O)O)(C(C)C)C1. The molecule has 1 unspecified atom stereocenters. The van der Waals surface area contributed by atoms with E-state index in [9.17, 15) is 14.7 Å². The first-order valence-corrected chi connectivity index (χ1v) is 5.95. The molecule has 0 aromatic carbocycles. The van der Waals surface area contributed by atoms with Crippen molar-refractivity contribution >= 4 is 11.9 Å². The topological polar surface area (TPSA) is 57.6 Å². The Kier molecular flexibility index (Phi) is 3.94. The number of nitrogens with zero attached hydrogens (tertiary/aromatic N) is 1. The first kappa shape index (κ1) is 13.0. The molecule has 92 valence electrons. The fourth-order valence-corrected chi connectivity index (χ4v) is 2.31. The molecule has 1 aliphatic rings. The van der Waals surface area contributed by atoms with Crippen LogP contribution in [0, 0.1) is 11.3 Å². The van der Waals surface area contributed by atoms with Gasteiger partial charge < -0.3 is 10.0 Å². The van der Waals surface area contributed by atoms with E-state index in [-0.39, 0.29) is 11.8 Å². The molecule has 1 N–H and O–H groups in total. The molecule has 1 amide bonds. The second kappa shape index (κ2) is 4.85. The molecule has 1 fully saturated rings. The van der Waals surface area contributed by atoms with Gasteiger partial charge in [0.15, 0.2) is 0 Å². The quantitative estimate of drug-likeness (QED) is 0.796. The number of carboxylic acid groups (broad SMARTS) is 1. The van der Waals surface area contributed by atoms with Crippen molar-refractivity contribution in [1.82, 2.24) is 4.90 Å². The van der Waals surface area contributed by atoms with Gasteiger partial charge >= 0.3 is 5.97 Å². The van der Waals surface area contributed by atoms with Gasteiger partial charge in [-0.3, -0.25) is 9.59 Å². The zero-order chi connectivity index (χ0) is 12.3. The van der Waals surface area contributed by atoms with Gasteiger partial charge in [0.1, 0.15) is 0 Å². The lowest BCUT2D eigenvalue weighted by atomic mass is 9.76. The molecule has 0 aromatic heterocycles. The van der Waals surface area contributed by atoms with Crippen molar-refractivity contribution in [3.63, 3.8) is 0 Å². The van der Waals surface area contributed by atoms with Crippen molar-refractivity contribution in [3.05, 3.63) is 0 Å². The summed E-state index contributed by atoms with van der Waals surface area (Å²) in [5, 5.41) is 9.33. The fraction of sp³-hybridized carbons (Fsp3) is 0.833. The zero-order valence-electron chi connectivity index (χ0n) is 10.3. The Hall–Kier alpha value is -1.06. The third kappa shape index (κ3) is 2.20. The third-order valence-corrected chi connectivity index (χ3v) is 3.65. The molecule has 1 rings (SSSR count). The van der Waals surface area contributed by atoms with Gasteiger partial charge in [-0.15, -0.1) is 0 Å². The Morgan fingerprint density at radius 3 is 2.44 bits per heavy atom. The van der Waals surface area contributed by atoms with Gasteiger partial charge in [-0.25, -0.2) is 0 Å². The van der Waals surface area contributed by atoms with Crippen LogP contribution in [0.1, 0.15) is 40.0 Å². The van der Waals surface area contributed by atoms with Gasteiger partial charge in [0, 0.05) is 19.5 Å². The van der Waals surface area contributed by atoms with Crippen molar-refractivity contribution in [1.29, 1.82) is 0 Å². The number of hydrogen-bond acceptors (Lipinski definition) is 2. The minimum atomic E-state index is -0.769. The van der Waals surface area contributed by atoms with E-state index in [4.69, 9.17) is 0 Å². The van der Waals surface area contributed by atoms with Crippen molar-refractivity contribution in [3.8, 4) is 0 Å². The van der Waals surface area contributed by atoms with Gasteiger partial charge in [-0.1, -0.05) is 20.8 Å². The van der Waals surface area contributed by atoms with Crippen LogP contribution < -0.4 is 0 Å². The maximum atomic E-state index is 11.7. The molecule has 0 radical (unpaired) electrons. The van der Waals surface area contributed by atoms with E-state index >= 15 is 0 Å². The molecule has 1 heterocycles. The molecular weight excluding hydrogens is 206 g/mol. The number of carbonyl (C=O) groups excluding carboxylic acids is 1. The van der Waals surface area contributed by atoms with Crippen LogP contribution in [-0.4, -0.2) is 35.0 Å². The highest BCUT2D eigenvalue weighted by atomic mass is 16.4. The molecule has 16 heavy (non-hydrogen) atoms. The number of likely N-dealkylation sites (tertiary alicyclic amines) is 1. The van der Waals surface area contributed by atoms with E-state index in [1.54, 1.807) is 4.90 Å². The predicted molar refractivity (Wildman–Crippen MR) is 61.0 cm³/mol. The van der Waals surface area contributed by atoms with E-state index < -0.39 is 11.4 Å². The number of carboxylic acids is 1. The van der Waals surface area contributed by atoms with Gasteiger partial charge in [-0.05, 0) is 18.8 Å². The highest BCUT2D eigenvalue weighted by Crippen LogP contribution is 2.38. The van der Waals surface area contributed by atoms with E-state index in [1.807, 2.05) is 20.8 Å². The Balaban J connectivity index is 2.75. The second-order valence-electron chi connectivity index (χ2n) is 4.93. The van der Waals surface area contributed by atoms with E-state index in [1.165, 1.54) is 0 Å². The first-order valence-electron chi connectivity index (χ1n) is 5.95. The number of aliphatic carboxylic acids is 1. The molecule has 0 aliphatic carbocycles. The average molecular weight is 227 g/mol. The van der Waals surface area contributed by atoms with Crippen molar-refractivity contribution in [2.75, 3.05) is 13.1 Å². The van der Waals surface area contributed by atoms with Crippen LogP contribution >= 0.6 is 0 Å². The normalized spacial score (nSPS) is 25.1. The standard InChI is InChI=1S/C12H21NO3/c1-4-5-10(14)13-7-6-12(8-13,9(2)3)11(15)16/h9H,4-8H2,1-3H3,(H,15,16). The Bertz CT molecular complexity index is 288. The molecule has 1 atom stereocenters. The Morgan fingerprint density at radius 2 is 2.06 bits per heavy atom. The third-order valence-electron chi connectivity index (χ3n) is 3.65. The summed E-state index contributed by atoms with van der Waals surface area (Å²) in [7, 11) is 0. The molecule has 0 aromatic rings. The molecule has 1 aliphatic heterocycles. The number of carbonyl (C=O) groups is 2. The van der Waals surface area contributed by atoms with Crippen LogP contribution in [-0.2, 0) is 9.59 Å². The average Bonchev–Trinajstić information content (AvgIpc) is 2.63. The predicted octanol–water partition coefficient (Wildman–Crippen LogP) is 1.75. The molecule has 0 saturated carbocycles. The number of hydrogen-bond donors (Lipinski definition) is 1. The van der Waals surface area contributed by atoms with E-state index in [2.05, 4.69) is 0 Å². The van der Waals surface area contributed by atoms with Crippen LogP contribution in [0.5, 0.6) is 0 Å². The minimum Gasteiger partial charge on any atom is -0.481 e. The summed E-state index contributed by atoms with van der Waals surface area (Å²) >= 11 is 0. The summed E-state index contributed by atoms with van der Waals surface area (Å²) < 4.78 is 0. The highest BCUT2D eigenvalue weighted by Gasteiger charge is 2.48. The van der Waals surface area contributed by atoms with E-state index in [0.29, 0.717) is 25.9 Å². The summed E-state index contributed by atoms with van der Waals surface area (Å²) in [6, 6.07) is 0. The number of rotatable bonds is 4. The van der Waals surface area contributed by atoms with Crippen molar-refractivity contribution in [2.24, 2.45) is 11.3 Å². The minimum absolute atomic E-state index is 0.0597. The molecule has 4 heteroatoms. The lowest BCUT2D eigenvalue weighted by Crippen LogP contribution is -2.40. The summed E-state index contributed by atoms with van der Waals surface area (Å²) in [6.07, 6.45) is 1.92. The monoisotopic (exact) mass is 227 g/mol. The number of amides is 1. The fourth-order valence-electron chi connectivity index (χ4n) is 2.31. The van der Waals surface area contributed by atoms with Gasteiger partial charge in [0.25, 0.3) is 0 Å². The first-order chi connectivity index (χ1) is 7.44. The van der Waals surface area contributed by atoms with Crippen LogP contribution in [0.3, 0.4) is 0 Å². The van der Waals surface area contributed by atoms with Crippen LogP contribution in [0.15, 0.2) is 0 Å². The zero-order valence-corrected chi connectivity index (χ0v) is 10.3. The second-order valence-corrected chi connectivity index (χ2v) is 4.93. The Labute approximate surface area is 96.6 Å². The summed E-state index contributed by atoms with van der Waals surface area (Å²) in [4.78, 5) is 24.8. The highest BCUT2D eigenvalue weighted by molar-refractivity contribution is 5.80. The molecule has 0 bridgehead atoms. The molecule has 0 spiro atoms. The largest absolute Gasteiger partial charge is 0.481 e. The van der Waals surface area contributed by atoms with Crippen molar-refractivity contribution in [2.45, 2.75) is 40.0 Å². The Morgan fingerprint density at radius 1 is 1.44 bits per heavy atom. The molecule has 4 nitrogen and oxygen atoms in total. The van der Waals surface area contributed by atoms with Crippen molar-refractivity contribution < 1.29 is 14.7 Å². The van der Waals surface area contributed by atoms with Gasteiger partial charge in [0.05, 0.1) is 5.41 Å². The lowest BCUT2D eigenvalue weighted by Gasteiger charge is -2.28. The van der Waals surface area contributed by atoms with Crippen LogP contribution in [0.4, 0.5) is 0 Å².